The Bertz CT molecular complexity index is 532. The average molecular weight is 339 g/mol. The van der Waals surface area contributed by atoms with Crippen LogP contribution in [0.15, 0.2) is 5.11 Å². The highest BCUT2D eigenvalue weighted by Crippen LogP contribution is 2.66. The van der Waals surface area contributed by atoms with Crippen molar-refractivity contribution in [3.63, 3.8) is 0 Å². The fourth-order valence-electron chi connectivity index (χ4n) is 4.71. The van der Waals surface area contributed by atoms with Crippen LogP contribution >= 0.6 is 0 Å². The van der Waals surface area contributed by atoms with Crippen LogP contribution in [0.3, 0.4) is 0 Å². The number of nitrogens with zero attached hydrogens (tertiary/aromatic N) is 3. The quantitative estimate of drug-likeness (QED) is 0.421. The zero-order chi connectivity index (χ0) is 17.6. The van der Waals surface area contributed by atoms with E-state index in [9.17, 15) is 0 Å². The minimum absolute atomic E-state index is 0.0654. The second-order valence-electron chi connectivity index (χ2n) is 8.29. The summed E-state index contributed by atoms with van der Waals surface area (Å²) < 4.78 is 23.2. The third-order valence-electron chi connectivity index (χ3n) is 6.13. The third kappa shape index (κ3) is 2.82. The van der Waals surface area contributed by atoms with Gasteiger partial charge in [-0.05, 0) is 52.0 Å². The smallest absolute Gasteiger partial charge is 0.163 e. The second kappa shape index (κ2) is 6.15. The van der Waals surface area contributed by atoms with Crippen LogP contribution in [0, 0.1) is 11.3 Å². The van der Waals surface area contributed by atoms with Gasteiger partial charge in [-0.1, -0.05) is 12.0 Å². The molecule has 136 valence electrons. The fourth-order valence-corrected chi connectivity index (χ4v) is 4.71. The molecule has 1 spiro atoms. The van der Waals surface area contributed by atoms with Crippen LogP contribution in [0.4, 0.5) is 0 Å². The maximum absolute atomic E-state index is 8.94. The van der Waals surface area contributed by atoms with Crippen molar-refractivity contribution in [1.82, 2.24) is 0 Å². The summed E-state index contributed by atoms with van der Waals surface area (Å²) in [5.74, 6) is 0.0279. The molecule has 7 heteroatoms. The molecule has 1 saturated carbocycles. The third-order valence-corrected chi connectivity index (χ3v) is 6.13. The first-order chi connectivity index (χ1) is 11.2. The molecule has 1 unspecified atom stereocenters. The summed E-state index contributed by atoms with van der Waals surface area (Å²) in [6, 6.07) is -0.305. The summed E-state index contributed by atoms with van der Waals surface area (Å²) in [7, 11) is 0. The van der Waals surface area contributed by atoms with Gasteiger partial charge in [0.1, 0.15) is 6.10 Å². The standard InChI is InChI=1S/C17H29N3O4/c1-11-6-7-17(11)14(24-15(17,2)3)13(19-20-18)10-21-8-12-9-22-16(4,5)23-12/h11-14H,6-10H2,1-5H3/t11-,12-,13-,14-,17?/m0/s1. The zero-order valence-electron chi connectivity index (χ0n) is 15.3. The van der Waals surface area contributed by atoms with E-state index in [0.717, 1.165) is 6.42 Å². The Balaban J connectivity index is 1.57. The molecule has 3 aliphatic rings. The lowest BCUT2D eigenvalue weighted by atomic mass is 9.46. The lowest BCUT2D eigenvalue weighted by Crippen LogP contribution is -2.75. The van der Waals surface area contributed by atoms with Crippen LogP contribution in [-0.4, -0.2) is 49.5 Å². The van der Waals surface area contributed by atoms with Gasteiger partial charge in [0.15, 0.2) is 5.79 Å². The Labute approximate surface area is 143 Å². The van der Waals surface area contributed by atoms with Gasteiger partial charge in [0.25, 0.3) is 0 Å². The normalized spacial score (nSPS) is 40.5. The SMILES string of the molecule is C[C@H]1CCC12[C@H]([C@H](COC[C@H]1COC(C)(C)O1)N=[N+]=[N-])OC2(C)C. The first-order valence-corrected chi connectivity index (χ1v) is 8.83. The van der Waals surface area contributed by atoms with Crippen LogP contribution in [0.25, 0.3) is 10.4 Å². The molecule has 2 aliphatic heterocycles. The van der Waals surface area contributed by atoms with Gasteiger partial charge in [-0.15, -0.1) is 0 Å². The number of ether oxygens (including phenoxy) is 4. The van der Waals surface area contributed by atoms with Crippen molar-refractivity contribution < 1.29 is 18.9 Å². The Hall–Kier alpha value is -0.850. The van der Waals surface area contributed by atoms with E-state index in [1.54, 1.807) is 0 Å². The number of hydrogen-bond donors (Lipinski definition) is 0. The molecule has 0 bridgehead atoms. The topological polar surface area (TPSA) is 85.7 Å². The van der Waals surface area contributed by atoms with E-state index in [1.165, 1.54) is 6.42 Å². The van der Waals surface area contributed by atoms with Gasteiger partial charge < -0.3 is 18.9 Å². The van der Waals surface area contributed by atoms with Gasteiger partial charge in [0, 0.05) is 10.3 Å². The molecule has 0 aromatic carbocycles. The largest absolute Gasteiger partial charge is 0.378 e. The van der Waals surface area contributed by atoms with E-state index in [2.05, 4.69) is 30.8 Å². The number of rotatable bonds is 6. The van der Waals surface area contributed by atoms with Gasteiger partial charge >= 0.3 is 0 Å². The number of azide groups is 1. The second-order valence-corrected chi connectivity index (χ2v) is 8.29. The van der Waals surface area contributed by atoms with Crippen LogP contribution in [0.5, 0.6) is 0 Å². The van der Waals surface area contributed by atoms with Crippen LogP contribution in [0.2, 0.25) is 0 Å². The van der Waals surface area contributed by atoms with E-state index in [-0.39, 0.29) is 29.3 Å². The van der Waals surface area contributed by atoms with E-state index >= 15 is 0 Å². The van der Waals surface area contributed by atoms with Gasteiger partial charge in [0.05, 0.1) is 37.6 Å². The summed E-state index contributed by atoms with van der Waals surface area (Å²) in [5.41, 5.74) is 8.88. The monoisotopic (exact) mass is 339 g/mol. The fraction of sp³-hybridized carbons (Fsp3) is 1.00. The Kier molecular flexibility index (Phi) is 4.60. The molecule has 0 aromatic heterocycles. The van der Waals surface area contributed by atoms with Crippen molar-refractivity contribution in [2.75, 3.05) is 19.8 Å². The molecule has 0 aromatic rings. The van der Waals surface area contributed by atoms with Crippen molar-refractivity contribution in [2.45, 2.75) is 77.1 Å². The zero-order valence-corrected chi connectivity index (χ0v) is 15.3. The predicted molar refractivity (Wildman–Crippen MR) is 88.4 cm³/mol. The Morgan fingerprint density at radius 3 is 2.50 bits per heavy atom. The van der Waals surface area contributed by atoms with Gasteiger partial charge in [0.2, 0.25) is 0 Å². The number of hydrogen-bond acceptors (Lipinski definition) is 5. The molecule has 1 aliphatic carbocycles. The molecule has 24 heavy (non-hydrogen) atoms. The Morgan fingerprint density at radius 2 is 2.04 bits per heavy atom. The average Bonchev–Trinajstić information content (AvgIpc) is 2.82. The van der Waals surface area contributed by atoms with Crippen molar-refractivity contribution >= 4 is 0 Å². The molecule has 0 amide bonds. The minimum Gasteiger partial charge on any atom is -0.378 e. The molecule has 0 radical (unpaired) electrons. The summed E-state index contributed by atoms with van der Waals surface area (Å²) in [4.78, 5) is 3.02. The van der Waals surface area contributed by atoms with Crippen molar-refractivity contribution in [3.05, 3.63) is 10.4 Å². The molecule has 2 saturated heterocycles. The minimum atomic E-state index is -0.551. The molecule has 5 atom stereocenters. The van der Waals surface area contributed by atoms with Crippen LogP contribution < -0.4 is 0 Å². The molecular weight excluding hydrogens is 310 g/mol. The lowest BCUT2D eigenvalue weighted by molar-refractivity contribution is -0.360. The summed E-state index contributed by atoms with van der Waals surface area (Å²) >= 11 is 0. The maximum Gasteiger partial charge on any atom is 0.163 e. The highest BCUT2D eigenvalue weighted by Gasteiger charge is 2.69. The van der Waals surface area contributed by atoms with E-state index in [1.807, 2.05) is 13.8 Å². The van der Waals surface area contributed by atoms with Crippen molar-refractivity contribution in [1.29, 1.82) is 0 Å². The van der Waals surface area contributed by atoms with Crippen LogP contribution in [-0.2, 0) is 18.9 Å². The highest BCUT2D eigenvalue weighted by atomic mass is 16.7. The predicted octanol–water partition coefficient (Wildman–Crippen LogP) is 3.43. The maximum atomic E-state index is 8.94. The highest BCUT2D eigenvalue weighted by molar-refractivity contribution is 5.18. The Morgan fingerprint density at radius 1 is 1.29 bits per heavy atom. The van der Waals surface area contributed by atoms with Gasteiger partial charge in [-0.2, -0.15) is 0 Å². The van der Waals surface area contributed by atoms with E-state index in [4.69, 9.17) is 24.5 Å². The van der Waals surface area contributed by atoms with E-state index < -0.39 is 5.79 Å². The van der Waals surface area contributed by atoms with Crippen molar-refractivity contribution in [2.24, 2.45) is 16.4 Å². The van der Waals surface area contributed by atoms with Crippen LogP contribution in [0.1, 0.15) is 47.5 Å². The first-order valence-electron chi connectivity index (χ1n) is 8.83. The lowest BCUT2D eigenvalue weighted by Gasteiger charge is -2.70. The summed E-state index contributed by atoms with van der Waals surface area (Å²) in [6.45, 7) is 11.6. The van der Waals surface area contributed by atoms with Gasteiger partial charge in [-0.25, -0.2) is 0 Å². The summed E-state index contributed by atoms with van der Waals surface area (Å²) in [6.07, 6.45) is 2.18. The molecule has 7 nitrogen and oxygen atoms in total. The van der Waals surface area contributed by atoms with Gasteiger partial charge in [-0.3, -0.25) is 0 Å². The molecular formula is C17H29N3O4. The first kappa shape index (κ1) is 18.0. The molecule has 2 heterocycles. The summed E-state index contributed by atoms with van der Waals surface area (Å²) in [5, 5.41) is 3.97. The molecule has 3 rings (SSSR count). The van der Waals surface area contributed by atoms with Crippen molar-refractivity contribution in [3.8, 4) is 0 Å². The molecule has 0 N–H and O–H groups in total. The molecule has 3 fully saturated rings. The van der Waals surface area contributed by atoms with E-state index in [0.29, 0.717) is 25.7 Å².